The molecule has 0 fully saturated rings. The van der Waals surface area contributed by atoms with E-state index in [-0.39, 0.29) is 17.5 Å². The molecule has 0 atom stereocenters. The molecular formula is C16H11ClN2O3. The number of nitrogens with zero attached hydrogens (tertiary/aromatic N) is 1. The normalized spacial score (nSPS) is 10.8. The minimum atomic E-state index is -1.04. The molecule has 5 nitrogen and oxygen atoms in total. The average Bonchev–Trinajstić information content (AvgIpc) is 2.49. The largest absolute Gasteiger partial charge is 0.478 e. The Balaban J connectivity index is 2.09. The van der Waals surface area contributed by atoms with Crippen LogP contribution < -0.4 is 5.56 Å². The van der Waals surface area contributed by atoms with Gasteiger partial charge in [0.25, 0.3) is 5.56 Å². The lowest BCUT2D eigenvalue weighted by atomic mass is 10.1. The first kappa shape index (κ1) is 14.3. The number of aromatic carboxylic acids is 1. The number of aromatic amines is 1. The molecule has 1 heterocycles. The van der Waals surface area contributed by atoms with Gasteiger partial charge in [-0.05, 0) is 29.8 Å². The number of hydrogen-bond donors (Lipinski definition) is 2. The third kappa shape index (κ3) is 2.71. The molecule has 0 unspecified atom stereocenters. The van der Waals surface area contributed by atoms with Gasteiger partial charge in [0, 0.05) is 11.4 Å². The van der Waals surface area contributed by atoms with Crippen molar-refractivity contribution in [2.24, 2.45) is 0 Å². The lowest BCUT2D eigenvalue weighted by Gasteiger charge is -2.05. The maximum Gasteiger partial charge on any atom is 0.335 e. The number of hydrogen-bond acceptors (Lipinski definition) is 3. The molecule has 1 aromatic heterocycles. The second-order valence-electron chi connectivity index (χ2n) is 4.82. The molecule has 0 saturated carbocycles. The number of aromatic nitrogens is 2. The lowest BCUT2D eigenvalue weighted by Crippen LogP contribution is -2.16. The molecule has 0 bridgehead atoms. The van der Waals surface area contributed by atoms with Crippen molar-refractivity contribution in [3.05, 3.63) is 74.7 Å². The summed E-state index contributed by atoms with van der Waals surface area (Å²) in [6.07, 6.45) is 0.280. The Morgan fingerprint density at radius 2 is 2.00 bits per heavy atom. The van der Waals surface area contributed by atoms with Crippen LogP contribution in [-0.2, 0) is 6.42 Å². The summed E-state index contributed by atoms with van der Waals surface area (Å²) in [7, 11) is 0. The highest BCUT2D eigenvalue weighted by Gasteiger charge is 2.10. The average molecular weight is 315 g/mol. The Morgan fingerprint density at radius 1 is 1.23 bits per heavy atom. The number of carbonyl (C=O) groups is 1. The van der Waals surface area contributed by atoms with E-state index in [0.717, 1.165) is 5.56 Å². The van der Waals surface area contributed by atoms with Crippen molar-refractivity contribution in [3.8, 4) is 0 Å². The standard InChI is InChI=1S/C16H11ClN2O3/c17-11-4-2-1-3-9(11)7-14-15(20)19-12-6-5-10(16(21)22)8-13(12)18-14/h1-6,8H,7H2,(H,19,20)(H,21,22). The van der Waals surface area contributed by atoms with Gasteiger partial charge in [0.1, 0.15) is 5.69 Å². The van der Waals surface area contributed by atoms with Gasteiger partial charge < -0.3 is 10.1 Å². The SMILES string of the molecule is O=C(O)c1ccc2[nH]c(=O)c(Cc3ccccc3Cl)nc2c1. The van der Waals surface area contributed by atoms with E-state index in [1.165, 1.54) is 18.2 Å². The Morgan fingerprint density at radius 3 is 2.73 bits per heavy atom. The highest BCUT2D eigenvalue weighted by atomic mass is 35.5. The summed E-state index contributed by atoms with van der Waals surface area (Å²) in [4.78, 5) is 30.1. The van der Waals surface area contributed by atoms with Crippen molar-refractivity contribution in [1.82, 2.24) is 9.97 Å². The zero-order valence-corrected chi connectivity index (χ0v) is 12.1. The van der Waals surface area contributed by atoms with E-state index in [0.29, 0.717) is 21.7 Å². The fourth-order valence-electron chi connectivity index (χ4n) is 2.20. The van der Waals surface area contributed by atoms with Crippen molar-refractivity contribution < 1.29 is 9.90 Å². The molecule has 6 heteroatoms. The zero-order valence-electron chi connectivity index (χ0n) is 11.3. The number of fused-ring (bicyclic) bond motifs is 1. The highest BCUT2D eigenvalue weighted by molar-refractivity contribution is 6.31. The summed E-state index contributed by atoms with van der Waals surface area (Å²) >= 11 is 6.09. The molecule has 0 aliphatic carbocycles. The molecule has 0 amide bonds. The molecule has 0 spiro atoms. The van der Waals surface area contributed by atoms with Gasteiger partial charge in [-0.2, -0.15) is 0 Å². The minimum Gasteiger partial charge on any atom is -0.478 e. The summed E-state index contributed by atoms with van der Waals surface area (Å²) in [6, 6.07) is 11.6. The van der Waals surface area contributed by atoms with Crippen molar-refractivity contribution >= 4 is 28.6 Å². The first-order chi connectivity index (χ1) is 10.5. The van der Waals surface area contributed by atoms with Crippen LogP contribution in [0.5, 0.6) is 0 Å². The van der Waals surface area contributed by atoms with Crippen molar-refractivity contribution in [2.75, 3.05) is 0 Å². The third-order valence-corrected chi connectivity index (χ3v) is 3.69. The van der Waals surface area contributed by atoms with Crippen molar-refractivity contribution in [1.29, 1.82) is 0 Å². The van der Waals surface area contributed by atoms with Crippen LogP contribution in [0.1, 0.15) is 21.6 Å². The summed E-state index contributed by atoms with van der Waals surface area (Å²) in [5.74, 6) is -1.04. The van der Waals surface area contributed by atoms with E-state index < -0.39 is 5.97 Å². The van der Waals surface area contributed by atoms with Crippen LogP contribution in [0.15, 0.2) is 47.3 Å². The summed E-state index contributed by atoms with van der Waals surface area (Å²) < 4.78 is 0. The van der Waals surface area contributed by atoms with Crippen molar-refractivity contribution in [3.63, 3.8) is 0 Å². The number of H-pyrrole nitrogens is 1. The van der Waals surface area contributed by atoms with Gasteiger partial charge >= 0.3 is 5.97 Å². The van der Waals surface area contributed by atoms with Gasteiger partial charge in [-0.1, -0.05) is 29.8 Å². The van der Waals surface area contributed by atoms with Gasteiger partial charge in [-0.25, -0.2) is 9.78 Å². The van der Waals surface area contributed by atoms with Crippen molar-refractivity contribution in [2.45, 2.75) is 6.42 Å². The van der Waals surface area contributed by atoms with Crippen LogP contribution >= 0.6 is 11.6 Å². The molecule has 2 aromatic carbocycles. The highest BCUT2D eigenvalue weighted by Crippen LogP contribution is 2.18. The van der Waals surface area contributed by atoms with E-state index in [4.69, 9.17) is 16.7 Å². The Kier molecular flexibility index (Phi) is 3.65. The number of carboxylic acid groups (broad SMARTS) is 1. The maximum atomic E-state index is 12.1. The van der Waals surface area contributed by atoms with Gasteiger partial charge in [-0.15, -0.1) is 0 Å². The molecular weight excluding hydrogens is 304 g/mol. The van der Waals surface area contributed by atoms with Gasteiger partial charge in [0.2, 0.25) is 0 Å². The van der Waals surface area contributed by atoms with E-state index in [1.807, 2.05) is 18.2 Å². The van der Waals surface area contributed by atoms with Gasteiger partial charge in [-0.3, -0.25) is 4.79 Å². The van der Waals surface area contributed by atoms with Crippen LogP contribution in [0.4, 0.5) is 0 Å². The van der Waals surface area contributed by atoms with Crippen LogP contribution in [0, 0.1) is 0 Å². The van der Waals surface area contributed by atoms with Gasteiger partial charge in [0.05, 0.1) is 16.6 Å². The van der Waals surface area contributed by atoms with Crippen LogP contribution in [-0.4, -0.2) is 21.0 Å². The zero-order chi connectivity index (χ0) is 15.7. The molecule has 0 radical (unpaired) electrons. The number of rotatable bonds is 3. The molecule has 0 saturated heterocycles. The number of benzene rings is 2. The summed E-state index contributed by atoms with van der Waals surface area (Å²) in [5.41, 5.74) is 1.82. The number of nitrogens with one attached hydrogen (secondary N) is 1. The number of carboxylic acids is 1. The molecule has 110 valence electrons. The van der Waals surface area contributed by atoms with E-state index in [2.05, 4.69) is 9.97 Å². The Bertz CT molecular complexity index is 934. The second-order valence-corrected chi connectivity index (χ2v) is 5.23. The topological polar surface area (TPSA) is 83.0 Å². The predicted molar refractivity (Wildman–Crippen MR) is 83.6 cm³/mol. The van der Waals surface area contributed by atoms with E-state index in [1.54, 1.807) is 6.07 Å². The third-order valence-electron chi connectivity index (χ3n) is 3.33. The van der Waals surface area contributed by atoms with Crippen LogP contribution in [0.25, 0.3) is 11.0 Å². The molecule has 0 aliphatic rings. The predicted octanol–water partition coefficient (Wildman–Crippen LogP) is 2.87. The Labute approximate surface area is 130 Å². The van der Waals surface area contributed by atoms with E-state index >= 15 is 0 Å². The summed E-state index contributed by atoms with van der Waals surface area (Å²) in [5, 5.41) is 9.58. The first-order valence-electron chi connectivity index (χ1n) is 6.54. The van der Waals surface area contributed by atoms with Crippen LogP contribution in [0.2, 0.25) is 5.02 Å². The smallest absolute Gasteiger partial charge is 0.335 e. The second kappa shape index (κ2) is 5.61. The molecule has 3 rings (SSSR count). The Hall–Kier alpha value is -2.66. The van der Waals surface area contributed by atoms with Crippen LogP contribution in [0.3, 0.4) is 0 Å². The summed E-state index contributed by atoms with van der Waals surface area (Å²) in [6.45, 7) is 0. The fraction of sp³-hybridized carbons (Fsp3) is 0.0625. The number of halogens is 1. The quantitative estimate of drug-likeness (QED) is 0.778. The lowest BCUT2D eigenvalue weighted by molar-refractivity contribution is 0.0697. The molecule has 0 aliphatic heterocycles. The molecule has 22 heavy (non-hydrogen) atoms. The first-order valence-corrected chi connectivity index (χ1v) is 6.92. The monoisotopic (exact) mass is 314 g/mol. The van der Waals surface area contributed by atoms with E-state index in [9.17, 15) is 9.59 Å². The molecule has 2 N–H and O–H groups in total. The fourth-order valence-corrected chi connectivity index (χ4v) is 2.40. The maximum absolute atomic E-state index is 12.1. The minimum absolute atomic E-state index is 0.121. The molecule has 3 aromatic rings. The van der Waals surface area contributed by atoms with Gasteiger partial charge in [0.15, 0.2) is 0 Å².